The zero-order chi connectivity index (χ0) is 21.3. The second-order valence-electron chi connectivity index (χ2n) is 8.13. The number of nitrogens with one attached hydrogen (secondary N) is 1. The number of sulfone groups is 1. The molecule has 1 fully saturated rings. The molecule has 0 saturated carbocycles. The molecule has 0 radical (unpaired) electrons. The number of hydrogen-bond donors (Lipinski definition) is 1. The van der Waals surface area contributed by atoms with E-state index in [0.717, 1.165) is 27.5 Å². The summed E-state index contributed by atoms with van der Waals surface area (Å²) in [5, 5.41) is 4.64. The smallest absolute Gasteiger partial charge is 0.284 e. The first-order valence-electron chi connectivity index (χ1n) is 10.0. The molecule has 0 spiro atoms. The molecule has 1 aliphatic rings. The van der Waals surface area contributed by atoms with Crippen molar-refractivity contribution in [1.82, 2.24) is 9.78 Å². The Bertz CT molecular complexity index is 985. The molecule has 1 amide bonds. The lowest BCUT2D eigenvalue weighted by Crippen LogP contribution is -3.12. The van der Waals surface area contributed by atoms with Crippen LogP contribution in [0.5, 0.6) is 0 Å². The standard InChI is InChI=1S/C21H30N4O3S/c1-15-20(16(2)25(22-15)19-11-12-29(27,28)14-19)13-23(4)17(3)21(26)24(5)18-9-7-6-8-10-18/h6-10,17,19H,11-14H2,1-5H3/p+1/t17-,19+/m0/s1. The van der Waals surface area contributed by atoms with E-state index in [1.807, 2.05) is 62.8 Å². The lowest BCUT2D eigenvalue weighted by atomic mass is 10.1. The number of hydrogen-bond acceptors (Lipinski definition) is 4. The first-order chi connectivity index (χ1) is 13.6. The summed E-state index contributed by atoms with van der Waals surface area (Å²) in [5.74, 6) is 0.445. The van der Waals surface area contributed by atoms with E-state index in [0.29, 0.717) is 13.0 Å². The highest BCUT2D eigenvalue weighted by Crippen LogP contribution is 2.26. The van der Waals surface area contributed by atoms with Crippen molar-refractivity contribution < 1.29 is 18.1 Å². The topological polar surface area (TPSA) is 76.7 Å². The molecule has 3 rings (SSSR count). The Morgan fingerprint density at radius 2 is 1.97 bits per heavy atom. The van der Waals surface area contributed by atoms with Gasteiger partial charge in [-0.15, -0.1) is 0 Å². The number of carbonyl (C=O) groups excluding carboxylic acids is 1. The molecule has 29 heavy (non-hydrogen) atoms. The van der Waals surface area contributed by atoms with Crippen LogP contribution >= 0.6 is 0 Å². The number of para-hydroxylation sites is 1. The molecule has 1 unspecified atom stereocenters. The molecule has 0 bridgehead atoms. The van der Waals surface area contributed by atoms with Gasteiger partial charge in [0.2, 0.25) is 0 Å². The van der Waals surface area contributed by atoms with Crippen molar-refractivity contribution in [2.75, 3.05) is 30.5 Å². The van der Waals surface area contributed by atoms with Gasteiger partial charge < -0.3 is 9.80 Å². The quantitative estimate of drug-likeness (QED) is 0.756. The highest BCUT2D eigenvalue weighted by Gasteiger charge is 2.33. The van der Waals surface area contributed by atoms with Crippen LogP contribution in [-0.2, 0) is 21.2 Å². The van der Waals surface area contributed by atoms with Crippen LogP contribution in [0.2, 0.25) is 0 Å². The summed E-state index contributed by atoms with van der Waals surface area (Å²) >= 11 is 0. The van der Waals surface area contributed by atoms with Gasteiger partial charge in [-0.25, -0.2) is 8.42 Å². The third-order valence-electron chi connectivity index (χ3n) is 6.07. The third kappa shape index (κ3) is 4.53. The van der Waals surface area contributed by atoms with Gasteiger partial charge in [0.25, 0.3) is 5.91 Å². The highest BCUT2D eigenvalue weighted by atomic mass is 32.2. The predicted molar refractivity (Wildman–Crippen MR) is 114 cm³/mol. The van der Waals surface area contributed by atoms with Crippen LogP contribution in [0.15, 0.2) is 30.3 Å². The van der Waals surface area contributed by atoms with Crippen LogP contribution < -0.4 is 9.80 Å². The van der Waals surface area contributed by atoms with E-state index in [-0.39, 0.29) is 29.5 Å². The number of nitrogens with zero attached hydrogens (tertiary/aromatic N) is 3. The zero-order valence-electron chi connectivity index (χ0n) is 17.8. The Balaban J connectivity index is 1.73. The maximum Gasteiger partial charge on any atom is 0.284 e. The summed E-state index contributed by atoms with van der Waals surface area (Å²) in [6.07, 6.45) is 0.614. The molecule has 1 saturated heterocycles. The first-order valence-corrected chi connectivity index (χ1v) is 11.8. The second kappa shape index (κ2) is 8.28. The van der Waals surface area contributed by atoms with E-state index in [1.165, 1.54) is 0 Å². The summed E-state index contributed by atoms with van der Waals surface area (Å²) in [5.41, 5.74) is 3.87. The maximum atomic E-state index is 12.9. The summed E-state index contributed by atoms with van der Waals surface area (Å²) in [4.78, 5) is 15.7. The summed E-state index contributed by atoms with van der Waals surface area (Å²) in [7, 11) is 0.850. The van der Waals surface area contributed by atoms with Crippen LogP contribution in [0.4, 0.5) is 5.69 Å². The van der Waals surface area contributed by atoms with Crippen molar-refractivity contribution >= 4 is 21.4 Å². The minimum atomic E-state index is -2.96. The Hall–Kier alpha value is -2.19. The number of benzene rings is 1. The number of aromatic nitrogens is 2. The van der Waals surface area contributed by atoms with Gasteiger partial charge in [-0.1, -0.05) is 18.2 Å². The van der Waals surface area contributed by atoms with Gasteiger partial charge >= 0.3 is 0 Å². The fraction of sp³-hybridized carbons (Fsp3) is 0.524. The predicted octanol–water partition coefficient (Wildman–Crippen LogP) is 0.926. The molecule has 2 aromatic rings. The molecule has 1 aromatic carbocycles. The van der Waals surface area contributed by atoms with Gasteiger partial charge in [0, 0.05) is 18.4 Å². The number of quaternary nitrogens is 1. The van der Waals surface area contributed by atoms with E-state index in [4.69, 9.17) is 0 Å². The molecule has 0 aliphatic carbocycles. The average molecular weight is 420 g/mol. The second-order valence-corrected chi connectivity index (χ2v) is 10.4. The fourth-order valence-electron chi connectivity index (χ4n) is 3.99. The Morgan fingerprint density at radius 1 is 1.31 bits per heavy atom. The monoisotopic (exact) mass is 419 g/mol. The van der Waals surface area contributed by atoms with Crippen molar-refractivity contribution in [2.24, 2.45) is 0 Å². The van der Waals surface area contributed by atoms with E-state index in [9.17, 15) is 13.2 Å². The molecule has 158 valence electrons. The Labute approximate surface area is 173 Å². The molecular formula is C21H31N4O3S+. The van der Waals surface area contributed by atoms with Crippen LogP contribution in [0, 0.1) is 13.8 Å². The third-order valence-corrected chi connectivity index (χ3v) is 7.82. The van der Waals surface area contributed by atoms with Gasteiger partial charge in [-0.05, 0) is 39.3 Å². The number of aryl methyl sites for hydroxylation is 1. The average Bonchev–Trinajstić information content (AvgIpc) is 3.20. The van der Waals surface area contributed by atoms with E-state index in [2.05, 4.69) is 5.10 Å². The van der Waals surface area contributed by atoms with Crippen LogP contribution in [-0.4, -0.2) is 55.7 Å². The number of rotatable bonds is 6. The fourth-order valence-corrected chi connectivity index (χ4v) is 5.68. The molecule has 1 aromatic heterocycles. The van der Waals surface area contributed by atoms with Crippen molar-refractivity contribution in [2.45, 2.75) is 45.8 Å². The Morgan fingerprint density at radius 3 is 2.55 bits per heavy atom. The van der Waals surface area contributed by atoms with Crippen molar-refractivity contribution in [1.29, 1.82) is 0 Å². The number of likely N-dealkylation sites (N-methyl/N-ethyl adjacent to an activating group) is 2. The van der Waals surface area contributed by atoms with Gasteiger partial charge in [0.1, 0.15) is 6.54 Å². The molecular weight excluding hydrogens is 388 g/mol. The van der Waals surface area contributed by atoms with E-state index in [1.54, 1.807) is 11.9 Å². The first kappa shape index (κ1) is 21.5. The zero-order valence-corrected chi connectivity index (χ0v) is 18.7. The van der Waals surface area contributed by atoms with Crippen LogP contribution in [0.3, 0.4) is 0 Å². The van der Waals surface area contributed by atoms with E-state index < -0.39 is 9.84 Å². The summed E-state index contributed by atoms with van der Waals surface area (Å²) in [6.45, 7) is 6.55. The number of amides is 1. The Kier molecular flexibility index (Phi) is 6.14. The van der Waals surface area contributed by atoms with E-state index >= 15 is 0 Å². The van der Waals surface area contributed by atoms with Crippen molar-refractivity contribution in [3.05, 3.63) is 47.3 Å². The normalized spacial score (nSPS) is 20.4. The SMILES string of the molecule is Cc1nn([C@@H]2CCS(=O)(=O)C2)c(C)c1C[NH+](C)[C@@H](C)C(=O)N(C)c1ccccc1. The molecule has 7 nitrogen and oxygen atoms in total. The van der Waals surface area contributed by atoms with Crippen molar-refractivity contribution in [3.63, 3.8) is 0 Å². The van der Waals surface area contributed by atoms with Gasteiger partial charge in [0.05, 0.1) is 35.9 Å². The lowest BCUT2D eigenvalue weighted by Gasteiger charge is -2.26. The van der Waals surface area contributed by atoms with Gasteiger partial charge in [-0.3, -0.25) is 9.48 Å². The summed E-state index contributed by atoms with van der Waals surface area (Å²) < 4.78 is 25.6. The molecule has 8 heteroatoms. The molecule has 1 N–H and O–H groups in total. The molecule has 1 aliphatic heterocycles. The minimum absolute atomic E-state index is 0.0540. The summed E-state index contributed by atoms with van der Waals surface area (Å²) in [6, 6.07) is 9.31. The van der Waals surface area contributed by atoms with Crippen LogP contribution in [0.1, 0.15) is 36.3 Å². The van der Waals surface area contributed by atoms with Crippen LogP contribution in [0.25, 0.3) is 0 Å². The minimum Gasteiger partial charge on any atom is -0.324 e. The lowest BCUT2D eigenvalue weighted by molar-refractivity contribution is -0.908. The number of carbonyl (C=O) groups is 1. The van der Waals surface area contributed by atoms with Gasteiger partial charge in [0.15, 0.2) is 15.9 Å². The largest absolute Gasteiger partial charge is 0.324 e. The molecule has 2 heterocycles. The molecule has 3 atom stereocenters. The van der Waals surface area contributed by atoms with Gasteiger partial charge in [-0.2, -0.15) is 5.10 Å². The number of anilines is 1. The maximum absolute atomic E-state index is 12.9. The highest BCUT2D eigenvalue weighted by molar-refractivity contribution is 7.91. The van der Waals surface area contributed by atoms with Crippen molar-refractivity contribution in [3.8, 4) is 0 Å².